The van der Waals surface area contributed by atoms with Gasteiger partial charge in [-0.25, -0.2) is 0 Å². The van der Waals surface area contributed by atoms with Crippen LogP contribution in [-0.2, 0) is 4.74 Å². The SMILES string of the molecule is CCCCCCCCCCCCSC1OC[C@@H](O)[C@H](O)[C@H]1O. The maximum Gasteiger partial charge on any atom is 0.131 e. The van der Waals surface area contributed by atoms with Crippen molar-refractivity contribution in [2.24, 2.45) is 0 Å². The summed E-state index contributed by atoms with van der Waals surface area (Å²) in [7, 11) is 0. The molecule has 0 aliphatic carbocycles. The number of thioether (sulfide) groups is 1. The van der Waals surface area contributed by atoms with Gasteiger partial charge in [0.15, 0.2) is 0 Å². The van der Waals surface area contributed by atoms with Crippen molar-refractivity contribution >= 4 is 11.8 Å². The first-order chi connectivity index (χ1) is 10.7. The molecule has 4 atom stereocenters. The Balaban J connectivity index is 1.89. The minimum absolute atomic E-state index is 0.105. The van der Waals surface area contributed by atoms with E-state index in [0.29, 0.717) is 0 Å². The molecule has 1 unspecified atom stereocenters. The second kappa shape index (κ2) is 12.6. The van der Waals surface area contributed by atoms with Crippen LogP contribution in [0.1, 0.15) is 71.1 Å². The molecule has 132 valence electrons. The molecule has 0 radical (unpaired) electrons. The zero-order chi connectivity index (χ0) is 16.2. The highest BCUT2D eigenvalue weighted by atomic mass is 32.2. The summed E-state index contributed by atoms with van der Waals surface area (Å²) in [6.07, 6.45) is 10.1. The lowest BCUT2D eigenvalue weighted by Crippen LogP contribution is -2.51. The van der Waals surface area contributed by atoms with Crippen LogP contribution in [0.25, 0.3) is 0 Å². The first-order valence-electron chi connectivity index (χ1n) is 8.94. The Morgan fingerprint density at radius 1 is 0.818 bits per heavy atom. The molecule has 1 saturated heterocycles. The first kappa shape index (κ1) is 20.2. The summed E-state index contributed by atoms with van der Waals surface area (Å²) in [6.45, 7) is 2.35. The fourth-order valence-electron chi connectivity index (χ4n) is 2.71. The van der Waals surface area contributed by atoms with Gasteiger partial charge in [0.25, 0.3) is 0 Å². The predicted molar refractivity (Wildman–Crippen MR) is 92.1 cm³/mol. The molecule has 1 rings (SSSR count). The van der Waals surface area contributed by atoms with Crippen LogP contribution in [0, 0.1) is 0 Å². The number of aliphatic hydroxyl groups excluding tert-OH is 3. The van der Waals surface area contributed by atoms with Gasteiger partial charge in [0.1, 0.15) is 23.7 Å². The van der Waals surface area contributed by atoms with Crippen LogP contribution < -0.4 is 0 Å². The Bertz CT molecular complexity index is 265. The second-order valence-corrected chi connectivity index (χ2v) is 7.51. The molecule has 22 heavy (non-hydrogen) atoms. The van der Waals surface area contributed by atoms with Crippen LogP contribution in [0.15, 0.2) is 0 Å². The normalized spacial score (nSPS) is 28.9. The summed E-state index contributed by atoms with van der Waals surface area (Å²) in [5.74, 6) is 0.932. The number of hydrogen-bond donors (Lipinski definition) is 3. The zero-order valence-corrected chi connectivity index (χ0v) is 14.8. The van der Waals surface area contributed by atoms with Gasteiger partial charge in [-0.1, -0.05) is 64.7 Å². The number of rotatable bonds is 12. The average Bonchev–Trinajstić information content (AvgIpc) is 2.52. The Labute approximate surface area is 139 Å². The summed E-state index contributed by atoms with van der Waals surface area (Å²) in [5, 5.41) is 28.8. The van der Waals surface area contributed by atoms with Gasteiger partial charge in [0.05, 0.1) is 6.61 Å². The molecule has 1 aliphatic heterocycles. The van der Waals surface area contributed by atoms with Crippen molar-refractivity contribution in [2.45, 2.75) is 94.9 Å². The molecule has 5 heteroatoms. The molecule has 0 aromatic carbocycles. The van der Waals surface area contributed by atoms with Gasteiger partial charge in [0, 0.05) is 0 Å². The third kappa shape index (κ3) is 8.16. The quantitative estimate of drug-likeness (QED) is 0.479. The molecule has 3 N–H and O–H groups in total. The standard InChI is InChI=1S/C17H34O4S/c1-2-3-4-5-6-7-8-9-10-11-12-22-17-16(20)15(19)14(18)13-21-17/h14-20H,2-13H2,1H3/t14-,15+,16-,17?/m1/s1. The van der Waals surface area contributed by atoms with Crippen LogP contribution in [0.2, 0.25) is 0 Å². The molecular weight excluding hydrogens is 300 g/mol. The van der Waals surface area contributed by atoms with Gasteiger partial charge in [0.2, 0.25) is 0 Å². The number of ether oxygens (including phenoxy) is 1. The molecule has 0 aromatic heterocycles. The van der Waals surface area contributed by atoms with Crippen molar-refractivity contribution in [2.75, 3.05) is 12.4 Å². The summed E-state index contributed by atoms with van der Waals surface area (Å²) < 4.78 is 5.37. The van der Waals surface area contributed by atoms with Crippen molar-refractivity contribution in [3.8, 4) is 0 Å². The zero-order valence-electron chi connectivity index (χ0n) is 14.0. The van der Waals surface area contributed by atoms with E-state index in [9.17, 15) is 15.3 Å². The summed E-state index contributed by atoms with van der Waals surface area (Å²) in [5.41, 5.74) is -0.406. The van der Waals surface area contributed by atoms with Crippen molar-refractivity contribution in [3.63, 3.8) is 0 Å². The van der Waals surface area contributed by atoms with Crippen molar-refractivity contribution in [1.82, 2.24) is 0 Å². The van der Waals surface area contributed by atoms with E-state index in [1.54, 1.807) is 11.8 Å². The lowest BCUT2D eigenvalue weighted by atomic mass is 10.1. The Morgan fingerprint density at radius 3 is 1.95 bits per heavy atom. The molecule has 0 bridgehead atoms. The monoisotopic (exact) mass is 334 g/mol. The third-order valence-electron chi connectivity index (χ3n) is 4.23. The molecule has 0 saturated carbocycles. The fraction of sp³-hybridized carbons (Fsp3) is 1.00. The maximum atomic E-state index is 9.81. The van der Waals surface area contributed by atoms with Crippen molar-refractivity contribution in [3.05, 3.63) is 0 Å². The van der Waals surface area contributed by atoms with Crippen LogP contribution in [-0.4, -0.2) is 51.4 Å². The smallest absolute Gasteiger partial charge is 0.131 e. The van der Waals surface area contributed by atoms with Gasteiger partial charge < -0.3 is 20.1 Å². The maximum absolute atomic E-state index is 9.81. The van der Waals surface area contributed by atoms with Crippen LogP contribution in [0.3, 0.4) is 0 Å². The number of unbranched alkanes of at least 4 members (excludes halogenated alkanes) is 9. The predicted octanol–water partition coefficient (Wildman–Crippen LogP) is 3.08. The summed E-state index contributed by atoms with van der Waals surface area (Å²) in [6, 6.07) is 0. The lowest BCUT2D eigenvalue weighted by molar-refractivity contribution is -0.161. The average molecular weight is 335 g/mol. The van der Waals surface area contributed by atoms with E-state index in [1.165, 1.54) is 57.8 Å². The summed E-state index contributed by atoms with van der Waals surface area (Å²) in [4.78, 5) is 0. The van der Waals surface area contributed by atoms with Gasteiger partial charge in [-0.05, 0) is 12.2 Å². The topological polar surface area (TPSA) is 69.9 Å². The lowest BCUT2D eigenvalue weighted by Gasteiger charge is -2.34. The van der Waals surface area contributed by atoms with Gasteiger partial charge in [-0.2, -0.15) is 0 Å². The second-order valence-electron chi connectivity index (χ2n) is 6.30. The fourth-order valence-corrected chi connectivity index (χ4v) is 3.85. The van der Waals surface area contributed by atoms with Gasteiger partial charge in [-0.3, -0.25) is 0 Å². The molecule has 0 amide bonds. The highest BCUT2D eigenvalue weighted by Gasteiger charge is 2.37. The molecule has 0 spiro atoms. The van der Waals surface area contributed by atoms with E-state index in [4.69, 9.17) is 4.74 Å². The highest BCUT2D eigenvalue weighted by molar-refractivity contribution is 7.99. The van der Waals surface area contributed by atoms with Crippen molar-refractivity contribution in [1.29, 1.82) is 0 Å². The molecule has 4 nitrogen and oxygen atoms in total. The van der Waals surface area contributed by atoms with E-state index < -0.39 is 23.7 Å². The highest BCUT2D eigenvalue weighted by Crippen LogP contribution is 2.25. The summed E-state index contributed by atoms with van der Waals surface area (Å²) >= 11 is 1.55. The number of aliphatic hydroxyl groups is 3. The van der Waals surface area contributed by atoms with Gasteiger partial charge >= 0.3 is 0 Å². The third-order valence-corrected chi connectivity index (χ3v) is 5.50. The molecular formula is C17H34O4S. The van der Waals surface area contributed by atoms with Crippen LogP contribution in [0.4, 0.5) is 0 Å². The largest absolute Gasteiger partial charge is 0.388 e. The Morgan fingerprint density at radius 2 is 1.36 bits per heavy atom. The van der Waals surface area contributed by atoms with E-state index in [1.807, 2.05) is 0 Å². The van der Waals surface area contributed by atoms with E-state index in [2.05, 4.69) is 6.92 Å². The molecule has 1 aliphatic rings. The van der Waals surface area contributed by atoms with Crippen LogP contribution in [0.5, 0.6) is 0 Å². The van der Waals surface area contributed by atoms with E-state index in [-0.39, 0.29) is 6.61 Å². The van der Waals surface area contributed by atoms with Crippen LogP contribution >= 0.6 is 11.8 Å². The molecule has 1 heterocycles. The number of hydrogen-bond acceptors (Lipinski definition) is 5. The molecule has 1 fully saturated rings. The van der Waals surface area contributed by atoms with Gasteiger partial charge in [-0.15, -0.1) is 11.8 Å². The van der Waals surface area contributed by atoms with E-state index in [0.717, 1.165) is 12.2 Å². The van der Waals surface area contributed by atoms with E-state index >= 15 is 0 Å². The minimum Gasteiger partial charge on any atom is -0.388 e. The Kier molecular flexibility index (Phi) is 11.6. The minimum atomic E-state index is -1.08. The Hall–Kier alpha value is 0.190. The molecule has 0 aromatic rings. The first-order valence-corrected chi connectivity index (χ1v) is 9.99. The van der Waals surface area contributed by atoms with Crippen molar-refractivity contribution < 1.29 is 20.1 Å².